The molecule has 4 nitrogen and oxygen atoms in total. The Morgan fingerprint density at radius 3 is 2.41 bits per heavy atom. The van der Waals surface area contributed by atoms with E-state index in [1.807, 2.05) is 26.8 Å². The van der Waals surface area contributed by atoms with Gasteiger partial charge < -0.3 is 15.4 Å². The van der Waals surface area contributed by atoms with Gasteiger partial charge in [0, 0.05) is 11.1 Å². The number of nitrogens with zero attached hydrogens (tertiary/aromatic N) is 1. The molecule has 0 spiro atoms. The third-order valence-electron chi connectivity index (χ3n) is 2.47. The van der Waals surface area contributed by atoms with Crippen LogP contribution in [-0.2, 0) is 5.60 Å². The van der Waals surface area contributed by atoms with Crippen molar-refractivity contribution < 1.29 is 9.63 Å². The number of hydrogen-bond donors (Lipinski definition) is 2. The Bertz CT molecular complexity index is 510. The highest BCUT2D eigenvalue weighted by molar-refractivity contribution is 5.87. The minimum absolute atomic E-state index is 0.520. The van der Waals surface area contributed by atoms with Crippen molar-refractivity contribution >= 4 is 16.7 Å². The molecule has 0 atom stereocenters. The fourth-order valence-corrected chi connectivity index (χ4v) is 1.77. The van der Waals surface area contributed by atoms with Crippen molar-refractivity contribution in [1.29, 1.82) is 0 Å². The minimum atomic E-state index is -1.03. The van der Waals surface area contributed by atoms with Crippen LogP contribution in [0.1, 0.15) is 39.0 Å². The van der Waals surface area contributed by atoms with Crippen LogP contribution in [0.15, 0.2) is 16.7 Å². The van der Waals surface area contributed by atoms with Gasteiger partial charge in [-0.1, -0.05) is 19.0 Å². The smallest absolute Gasteiger partial charge is 0.175 e. The molecule has 1 aromatic carbocycles. The zero-order valence-corrected chi connectivity index (χ0v) is 11.0. The lowest BCUT2D eigenvalue weighted by Gasteiger charge is -2.19. The zero-order valence-electron chi connectivity index (χ0n) is 11.0. The lowest BCUT2D eigenvalue weighted by molar-refractivity contribution is 0.0796. The van der Waals surface area contributed by atoms with Crippen LogP contribution < -0.4 is 5.73 Å². The SMILES string of the molecule is CC.Cc1noc2c(C(C)(C)O)c(N)ccc12. The summed E-state index contributed by atoms with van der Waals surface area (Å²) in [6.07, 6.45) is 0. The van der Waals surface area contributed by atoms with Gasteiger partial charge in [0.2, 0.25) is 0 Å². The molecule has 1 aromatic heterocycles. The molecule has 1 heterocycles. The molecule has 3 N–H and O–H groups in total. The number of hydrogen-bond acceptors (Lipinski definition) is 4. The number of aliphatic hydroxyl groups is 1. The molecule has 2 rings (SSSR count). The summed E-state index contributed by atoms with van der Waals surface area (Å²) in [5.74, 6) is 0. The number of rotatable bonds is 1. The average molecular weight is 236 g/mol. The van der Waals surface area contributed by atoms with Gasteiger partial charge in [0.1, 0.15) is 0 Å². The molecule has 0 unspecified atom stereocenters. The van der Waals surface area contributed by atoms with Crippen molar-refractivity contribution in [2.75, 3.05) is 5.73 Å². The van der Waals surface area contributed by atoms with Gasteiger partial charge in [-0.2, -0.15) is 0 Å². The van der Waals surface area contributed by atoms with Crippen LogP contribution in [0, 0.1) is 6.92 Å². The van der Waals surface area contributed by atoms with Gasteiger partial charge in [0.15, 0.2) is 5.58 Å². The van der Waals surface area contributed by atoms with Crippen molar-refractivity contribution in [3.8, 4) is 0 Å². The highest BCUT2D eigenvalue weighted by atomic mass is 16.5. The van der Waals surface area contributed by atoms with Gasteiger partial charge >= 0.3 is 0 Å². The van der Waals surface area contributed by atoms with Crippen molar-refractivity contribution in [1.82, 2.24) is 5.16 Å². The maximum Gasteiger partial charge on any atom is 0.175 e. The molecule has 17 heavy (non-hydrogen) atoms. The molecule has 4 heteroatoms. The molecule has 0 saturated carbocycles. The first-order valence-corrected chi connectivity index (χ1v) is 5.78. The van der Waals surface area contributed by atoms with Gasteiger partial charge in [-0.25, -0.2) is 0 Å². The molecule has 0 aliphatic rings. The normalized spacial score (nSPS) is 11.2. The molecular formula is C13H20N2O2. The van der Waals surface area contributed by atoms with Crippen LogP contribution in [0.25, 0.3) is 11.0 Å². The van der Waals surface area contributed by atoms with E-state index in [1.54, 1.807) is 19.9 Å². The van der Waals surface area contributed by atoms with Crippen LogP contribution in [0.5, 0.6) is 0 Å². The van der Waals surface area contributed by atoms with Gasteiger partial charge in [-0.3, -0.25) is 0 Å². The summed E-state index contributed by atoms with van der Waals surface area (Å²) in [5.41, 5.74) is 7.29. The summed E-state index contributed by atoms with van der Waals surface area (Å²) in [5, 5.41) is 14.8. The maximum absolute atomic E-state index is 10.0. The first-order valence-electron chi connectivity index (χ1n) is 5.78. The van der Waals surface area contributed by atoms with Gasteiger partial charge in [-0.15, -0.1) is 0 Å². The number of anilines is 1. The van der Waals surface area contributed by atoms with Gasteiger partial charge in [0.05, 0.1) is 16.9 Å². The van der Waals surface area contributed by atoms with Crippen molar-refractivity contribution in [2.24, 2.45) is 0 Å². The second-order valence-corrected chi connectivity index (χ2v) is 4.23. The first-order chi connectivity index (χ1) is 7.91. The second kappa shape index (κ2) is 4.75. The molecular weight excluding hydrogens is 216 g/mol. The Balaban J connectivity index is 0.000000686. The number of nitrogens with two attached hydrogens (primary N) is 1. The number of aromatic nitrogens is 1. The van der Waals surface area contributed by atoms with Crippen LogP contribution in [0.4, 0.5) is 5.69 Å². The minimum Gasteiger partial charge on any atom is -0.398 e. The Morgan fingerprint density at radius 2 is 1.88 bits per heavy atom. The standard InChI is InChI=1S/C11H14N2O2.C2H6/c1-6-7-4-5-8(12)9(11(2,3)14)10(7)15-13-6;1-2/h4-5,14H,12H2,1-3H3;1-2H3. The fourth-order valence-electron chi connectivity index (χ4n) is 1.77. The number of nitrogen functional groups attached to an aromatic ring is 1. The summed E-state index contributed by atoms with van der Waals surface area (Å²) in [6, 6.07) is 3.62. The number of fused-ring (bicyclic) bond motifs is 1. The Hall–Kier alpha value is -1.55. The monoisotopic (exact) mass is 236 g/mol. The van der Waals surface area contributed by atoms with E-state index in [0.717, 1.165) is 11.1 Å². The molecule has 0 radical (unpaired) electrons. The van der Waals surface area contributed by atoms with E-state index in [0.29, 0.717) is 16.8 Å². The van der Waals surface area contributed by atoms with Crippen molar-refractivity contribution in [3.63, 3.8) is 0 Å². The van der Waals surface area contributed by atoms with Crippen LogP contribution in [0.3, 0.4) is 0 Å². The number of benzene rings is 1. The Kier molecular flexibility index (Phi) is 3.78. The van der Waals surface area contributed by atoms with E-state index in [-0.39, 0.29) is 0 Å². The summed E-state index contributed by atoms with van der Waals surface area (Å²) < 4.78 is 5.20. The molecule has 94 valence electrons. The summed E-state index contributed by atoms with van der Waals surface area (Å²) >= 11 is 0. The van der Waals surface area contributed by atoms with Crippen molar-refractivity contribution in [3.05, 3.63) is 23.4 Å². The van der Waals surface area contributed by atoms with E-state index in [9.17, 15) is 5.11 Å². The predicted octanol–water partition coefficient (Wildman–Crippen LogP) is 2.97. The fraction of sp³-hybridized carbons (Fsp3) is 0.462. The van der Waals surface area contributed by atoms with Crippen LogP contribution >= 0.6 is 0 Å². The number of aryl methyl sites for hydroxylation is 1. The molecule has 0 bridgehead atoms. The third-order valence-corrected chi connectivity index (χ3v) is 2.47. The van der Waals surface area contributed by atoms with Gasteiger partial charge in [0.25, 0.3) is 0 Å². The van der Waals surface area contributed by atoms with E-state index >= 15 is 0 Å². The molecule has 0 aliphatic carbocycles. The van der Waals surface area contributed by atoms with Crippen LogP contribution in [-0.4, -0.2) is 10.3 Å². The largest absolute Gasteiger partial charge is 0.398 e. The topological polar surface area (TPSA) is 72.3 Å². The van der Waals surface area contributed by atoms with Gasteiger partial charge in [-0.05, 0) is 32.9 Å². The Labute approximate surface area is 101 Å². The molecule has 0 fully saturated rings. The average Bonchev–Trinajstić information content (AvgIpc) is 2.61. The highest BCUT2D eigenvalue weighted by Crippen LogP contribution is 2.34. The third kappa shape index (κ3) is 2.42. The maximum atomic E-state index is 10.0. The summed E-state index contributed by atoms with van der Waals surface area (Å²) in [7, 11) is 0. The lowest BCUT2D eigenvalue weighted by Crippen LogP contribution is -2.18. The second-order valence-electron chi connectivity index (χ2n) is 4.23. The predicted molar refractivity (Wildman–Crippen MR) is 69.8 cm³/mol. The van der Waals surface area contributed by atoms with E-state index in [2.05, 4.69) is 5.16 Å². The van der Waals surface area contributed by atoms with E-state index in [4.69, 9.17) is 10.3 Å². The first kappa shape index (κ1) is 13.5. The highest BCUT2D eigenvalue weighted by Gasteiger charge is 2.25. The van der Waals surface area contributed by atoms with Crippen LogP contribution in [0.2, 0.25) is 0 Å². The Morgan fingerprint density at radius 1 is 1.29 bits per heavy atom. The summed E-state index contributed by atoms with van der Waals surface area (Å²) in [4.78, 5) is 0. The molecule has 0 aliphatic heterocycles. The van der Waals surface area contributed by atoms with Crippen molar-refractivity contribution in [2.45, 2.75) is 40.2 Å². The lowest BCUT2D eigenvalue weighted by atomic mass is 9.94. The zero-order chi connectivity index (χ0) is 13.2. The van der Waals surface area contributed by atoms with E-state index in [1.165, 1.54) is 0 Å². The molecule has 0 amide bonds. The molecule has 0 saturated heterocycles. The summed E-state index contributed by atoms with van der Waals surface area (Å²) in [6.45, 7) is 9.21. The molecule has 2 aromatic rings. The quantitative estimate of drug-likeness (QED) is 0.747. The van der Waals surface area contributed by atoms with E-state index < -0.39 is 5.60 Å².